The van der Waals surface area contributed by atoms with E-state index in [4.69, 9.17) is 16.7 Å². The lowest BCUT2D eigenvalue weighted by Gasteiger charge is -2.03. The minimum Gasteiger partial charge on any atom is -0.478 e. The molecule has 0 atom stereocenters. The molecule has 0 saturated heterocycles. The second kappa shape index (κ2) is 6.50. The smallest absolute Gasteiger partial charge is 0.335 e. The quantitative estimate of drug-likeness (QED) is 0.557. The number of carbonyl (C=O) groups is 1. The molecule has 0 aliphatic rings. The SMILES string of the molecule is O=C(O)c1ccc(Nc2nc3c(-c4cccc(Cl)c4)cccn3n2)cc1. The Morgan fingerprint density at radius 1 is 1.08 bits per heavy atom. The average molecular weight is 365 g/mol. The molecule has 0 aliphatic heterocycles. The molecule has 0 saturated carbocycles. The van der Waals surface area contributed by atoms with Crippen LogP contribution in [0.5, 0.6) is 0 Å². The zero-order valence-corrected chi connectivity index (χ0v) is 14.2. The molecule has 7 heteroatoms. The maximum absolute atomic E-state index is 10.9. The van der Waals surface area contributed by atoms with Crippen molar-refractivity contribution in [3.8, 4) is 11.1 Å². The standard InChI is InChI=1S/C19H13ClN4O2/c20-14-4-1-3-13(11-14)16-5-2-10-24-17(16)22-19(23-24)21-15-8-6-12(7-9-15)18(25)26/h1-11H,(H,21,23)(H,25,26). The summed E-state index contributed by atoms with van der Waals surface area (Å²) in [5.41, 5.74) is 3.49. The van der Waals surface area contributed by atoms with Gasteiger partial charge in [0, 0.05) is 22.5 Å². The van der Waals surface area contributed by atoms with Gasteiger partial charge in [0.15, 0.2) is 5.65 Å². The zero-order chi connectivity index (χ0) is 18.1. The van der Waals surface area contributed by atoms with Crippen molar-refractivity contribution in [1.29, 1.82) is 0 Å². The predicted molar refractivity (Wildman–Crippen MR) is 100 cm³/mol. The Kier molecular flexibility index (Phi) is 4.02. The molecule has 0 radical (unpaired) electrons. The zero-order valence-electron chi connectivity index (χ0n) is 13.4. The van der Waals surface area contributed by atoms with Gasteiger partial charge in [0.25, 0.3) is 0 Å². The molecule has 0 aliphatic carbocycles. The van der Waals surface area contributed by atoms with Crippen LogP contribution >= 0.6 is 11.6 Å². The van der Waals surface area contributed by atoms with Crippen LogP contribution in [0.3, 0.4) is 0 Å². The summed E-state index contributed by atoms with van der Waals surface area (Å²) in [5.74, 6) is -0.545. The number of pyridine rings is 1. The summed E-state index contributed by atoms with van der Waals surface area (Å²) in [6, 6.07) is 17.8. The molecule has 0 bridgehead atoms. The van der Waals surface area contributed by atoms with E-state index in [1.807, 2.05) is 42.6 Å². The lowest BCUT2D eigenvalue weighted by atomic mass is 10.1. The Hall–Kier alpha value is -3.38. The molecule has 0 unspecified atom stereocenters. The fourth-order valence-electron chi connectivity index (χ4n) is 2.67. The van der Waals surface area contributed by atoms with E-state index < -0.39 is 5.97 Å². The first-order chi connectivity index (χ1) is 12.6. The summed E-state index contributed by atoms with van der Waals surface area (Å²) in [7, 11) is 0. The number of aromatic carboxylic acids is 1. The van der Waals surface area contributed by atoms with Crippen molar-refractivity contribution in [2.24, 2.45) is 0 Å². The van der Waals surface area contributed by atoms with Crippen LogP contribution in [-0.2, 0) is 0 Å². The summed E-state index contributed by atoms with van der Waals surface area (Å²) in [5, 5.41) is 17.1. The fourth-order valence-corrected chi connectivity index (χ4v) is 2.86. The van der Waals surface area contributed by atoms with Crippen molar-refractivity contribution in [2.75, 3.05) is 5.32 Å². The minimum absolute atomic E-state index is 0.224. The predicted octanol–water partition coefficient (Wildman–Crippen LogP) is 4.49. The Morgan fingerprint density at radius 3 is 2.62 bits per heavy atom. The summed E-state index contributed by atoms with van der Waals surface area (Å²) >= 11 is 6.10. The number of nitrogens with zero attached hydrogens (tertiary/aromatic N) is 3. The van der Waals surface area contributed by atoms with Gasteiger partial charge < -0.3 is 10.4 Å². The summed E-state index contributed by atoms with van der Waals surface area (Å²) in [6.07, 6.45) is 1.81. The summed E-state index contributed by atoms with van der Waals surface area (Å²) in [4.78, 5) is 15.5. The molecular weight excluding hydrogens is 352 g/mol. The van der Waals surface area contributed by atoms with Crippen molar-refractivity contribution in [1.82, 2.24) is 14.6 Å². The minimum atomic E-state index is -0.964. The van der Waals surface area contributed by atoms with Gasteiger partial charge in [-0.2, -0.15) is 4.98 Å². The van der Waals surface area contributed by atoms with Crippen LogP contribution in [0.2, 0.25) is 5.02 Å². The molecule has 4 rings (SSSR count). The number of halogens is 1. The van der Waals surface area contributed by atoms with Gasteiger partial charge in [-0.15, -0.1) is 5.10 Å². The van der Waals surface area contributed by atoms with E-state index in [1.54, 1.807) is 16.6 Å². The van der Waals surface area contributed by atoms with Gasteiger partial charge in [0.05, 0.1) is 5.56 Å². The molecule has 4 aromatic rings. The van der Waals surface area contributed by atoms with Crippen LogP contribution in [0.25, 0.3) is 16.8 Å². The molecule has 2 heterocycles. The topological polar surface area (TPSA) is 79.5 Å². The maximum Gasteiger partial charge on any atom is 0.335 e. The summed E-state index contributed by atoms with van der Waals surface area (Å²) < 4.78 is 1.68. The van der Waals surface area contributed by atoms with Crippen LogP contribution < -0.4 is 5.32 Å². The second-order valence-electron chi connectivity index (χ2n) is 5.64. The number of carboxylic acids is 1. The van der Waals surface area contributed by atoms with Gasteiger partial charge >= 0.3 is 5.97 Å². The number of aromatic nitrogens is 3. The first-order valence-corrected chi connectivity index (χ1v) is 8.20. The van der Waals surface area contributed by atoms with Crippen molar-refractivity contribution >= 4 is 34.9 Å². The molecule has 6 nitrogen and oxygen atoms in total. The molecule has 2 aromatic heterocycles. The van der Waals surface area contributed by atoms with Crippen molar-refractivity contribution in [3.63, 3.8) is 0 Å². The third-order valence-corrected chi connectivity index (χ3v) is 4.12. The molecule has 0 amide bonds. The normalized spacial score (nSPS) is 10.8. The maximum atomic E-state index is 10.9. The van der Waals surface area contributed by atoms with Gasteiger partial charge in [-0.05, 0) is 54.1 Å². The number of rotatable bonds is 4. The largest absolute Gasteiger partial charge is 0.478 e. The number of hydrogen-bond acceptors (Lipinski definition) is 4. The molecule has 0 spiro atoms. The molecular formula is C19H13ClN4O2. The lowest BCUT2D eigenvalue weighted by Crippen LogP contribution is -1.97. The number of fused-ring (bicyclic) bond motifs is 1. The Morgan fingerprint density at radius 2 is 1.88 bits per heavy atom. The Labute approximate surface area is 153 Å². The van der Waals surface area contributed by atoms with Gasteiger partial charge in [0.2, 0.25) is 5.95 Å². The van der Waals surface area contributed by atoms with E-state index in [1.165, 1.54) is 12.1 Å². The molecule has 2 aromatic carbocycles. The van der Waals surface area contributed by atoms with Gasteiger partial charge in [-0.3, -0.25) is 0 Å². The van der Waals surface area contributed by atoms with Crippen LogP contribution in [0, 0.1) is 0 Å². The van der Waals surface area contributed by atoms with Gasteiger partial charge in [0.1, 0.15) is 0 Å². The third kappa shape index (κ3) is 3.10. The van der Waals surface area contributed by atoms with Crippen LogP contribution in [0.1, 0.15) is 10.4 Å². The van der Waals surface area contributed by atoms with Crippen LogP contribution in [0.15, 0.2) is 66.9 Å². The first-order valence-electron chi connectivity index (χ1n) is 7.82. The van der Waals surface area contributed by atoms with Crippen LogP contribution in [0.4, 0.5) is 11.6 Å². The molecule has 128 valence electrons. The molecule has 0 fully saturated rings. The number of anilines is 2. The van der Waals surface area contributed by atoms with Gasteiger partial charge in [-0.1, -0.05) is 23.7 Å². The number of nitrogens with one attached hydrogen (secondary N) is 1. The summed E-state index contributed by atoms with van der Waals surface area (Å²) in [6.45, 7) is 0. The highest BCUT2D eigenvalue weighted by Crippen LogP contribution is 2.27. The number of carboxylic acid groups (broad SMARTS) is 1. The lowest BCUT2D eigenvalue weighted by molar-refractivity contribution is 0.0697. The highest BCUT2D eigenvalue weighted by Gasteiger charge is 2.10. The van der Waals surface area contributed by atoms with E-state index in [0.717, 1.165) is 11.1 Å². The van der Waals surface area contributed by atoms with E-state index in [0.29, 0.717) is 22.3 Å². The highest BCUT2D eigenvalue weighted by molar-refractivity contribution is 6.30. The van der Waals surface area contributed by atoms with Crippen LogP contribution in [-0.4, -0.2) is 25.7 Å². The Balaban J connectivity index is 1.69. The number of hydrogen-bond donors (Lipinski definition) is 2. The molecule has 2 N–H and O–H groups in total. The van der Waals surface area contributed by atoms with Crippen molar-refractivity contribution in [2.45, 2.75) is 0 Å². The monoisotopic (exact) mass is 364 g/mol. The average Bonchev–Trinajstić information content (AvgIpc) is 3.04. The second-order valence-corrected chi connectivity index (χ2v) is 6.08. The third-order valence-electron chi connectivity index (χ3n) is 3.89. The fraction of sp³-hybridized carbons (Fsp3) is 0. The van der Waals surface area contributed by atoms with E-state index >= 15 is 0 Å². The van der Waals surface area contributed by atoms with Crippen molar-refractivity contribution in [3.05, 3.63) is 77.4 Å². The van der Waals surface area contributed by atoms with E-state index in [2.05, 4.69) is 15.4 Å². The Bertz CT molecular complexity index is 1110. The molecule has 26 heavy (non-hydrogen) atoms. The first kappa shape index (κ1) is 16.1. The number of benzene rings is 2. The highest BCUT2D eigenvalue weighted by atomic mass is 35.5. The van der Waals surface area contributed by atoms with E-state index in [-0.39, 0.29) is 5.56 Å². The van der Waals surface area contributed by atoms with Gasteiger partial charge in [-0.25, -0.2) is 9.31 Å². The van der Waals surface area contributed by atoms with E-state index in [9.17, 15) is 4.79 Å². The van der Waals surface area contributed by atoms with Crippen molar-refractivity contribution < 1.29 is 9.90 Å².